The summed E-state index contributed by atoms with van der Waals surface area (Å²) in [6, 6.07) is 9.99. The van der Waals surface area contributed by atoms with Crippen molar-refractivity contribution in [1.29, 1.82) is 0 Å². The van der Waals surface area contributed by atoms with Gasteiger partial charge in [-0.15, -0.1) is 0 Å². The van der Waals surface area contributed by atoms with E-state index >= 15 is 0 Å². The zero-order chi connectivity index (χ0) is 11.4. The molecule has 86 valence electrons. The van der Waals surface area contributed by atoms with Crippen LogP contribution in [0, 0.1) is 0 Å². The highest BCUT2D eigenvalue weighted by molar-refractivity contribution is 5.71. The van der Waals surface area contributed by atoms with Crippen molar-refractivity contribution in [3.05, 3.63) is 35.9 Å². The van der Waals surface area contributed by atoms with Gasteiger partial charge in [0.15, 0.2) is 0 Å². The summed E-state index contributed by atoms with van der Waals surface area (Å²) in [5.74, 6) is -0.111. The first-order chi connectivity index (χ1) is 7.75. The third-order valence-electron chi connectivity index (χ3n) is 2.80. The molecule has 0 bridgehead atoms. The second kappa shape index (κ2) is 5.12. The predicted octanol–water partition coefficient (Wildman–Crippen LogP) is 2.30. The van der Waals surface area contributed by atoms with E-state index in [2.05, 4.69) is 0 Å². The van der Waals surface area contributed by atoms with E-state index in [4.69, 9.17) is 9.47 Å². The molecular formula is C13H16O3. The highest BCUT2D eigenvalue weighted by atomic mass is 16.6. The quantitative estimate of drug-likeness (QED) is 0.730. The van der Waals surface area contributed by atoms with Crippen LogP contribution in [-0.4, -0.2) is 18.2 Å². The smallest absolute Gasteiger partial charge is 0.306 e. The summed E-state index contributed by atoms with van der Waals surface area (Å²) in [6.45, 7) is 2.52. The number of carbonyl (C=O) groups is 1. The molecule has 1 fully saturated rings. The van der Waals surface area contributed by atoms with Crippen LogP contribution in [0.1, 0.15) is 25.3 Å². The molecule has 1 saturated heterocycles. The summed E-state index contributed by atoms with van der Waals surface area (Å²) < 4.78 is 10.8. The molecule has 0 amide bonds. The Kier molecular flexibility index (Phi) is 3.57. The average Bonchev–Trinajstić information content (AvgIpc) is 2.74. The van der Waals surface area contributed by atoms with Crippen LogP contribution in [0.5, 0.6) is 0 Å². The van der Waals surface area contributed by atoms with Crippen molar-refractivity contribution < 1.29 is 14.3 Å². The maximum Gasteiger partial charge on any atom is 0.306 e. The molecule has 0 saturated carbocycles. The number of carbonyl (C=O) groups excluding carboxylic acids is 1. The van der Waals surface area contributed by atoms with Crippen molar-refractivity contribution in [2.75, 3.05) is 0 Å². The van der Waals surface area contributed by atoms with Gasteiger partial charge >= 0.3 is 5.97 Å². The van der Waals surface area contributed by atoms with Gasteiger partial charge < -0.3 is 9.47 Å². The molecule has 0 aliphatic carbocycles. The number of hydrogen-bond acceptors (Lipinski definition) is 3. The summed E-state index contributed by atoms with van der Waals surface area (Å²) in [4.78, 5) is 11.0. The molecule has 2 unspecified atom stereocenters. The second-order valence-corrected chi connectivity index (χ2v) is 4.07. The van der Waals surface area contributed by atoms with Crippen LogP contribution in [0.2, 0.25) is 0 Å². The zero-order valence-corrected chi connectivity index (χ0v) is 9.39. The van der Waals surface area contributed by atoms with Gasteiger partial charge in [-0.2, -0.15) is 0 Å². The highest BCUT2D eigenvalue weighted by Crippen LogP contribution is 2.19. The van der Waals surface area contributed by atoms with Crippen LogP contribution in [-0.2, 0) is 20.9 Å². The van der Waals surface area contributed by atoms with Crippen molar-refractivity contribution in [2.24, 2.45) is 0 Å². The molecule has 0 spiro atoms. The summed E-state index contributed by atoms with van der Waals surface area (Å²) in [6.07, 6.45) is 1.18. The van der Waals surface area contributed by atoms with E-state index in [0.717, 1.165) is 12.0 Å². The van der Waals surface area contributed by atoms with Gasteiger partial charge in [-0.3, -0.25) is 4.79 Å². The van der Waals surface area contributed by atoms with Gasteiger partial charge in [-0.1, -0.05) is 30.3 Å². The maximum atomic E-state index is 11.0. The lowest BCUT2D eigenvalue weighted by Crippen LogP contribution is -2.25. The minimum Gasteiger partial charge on any atom is -0.460 e. The lowest BCUT2D eigenvalue weighted by molar-refractivity contribution is -0.147. The molecule has 1 aliphatic rings. The number of ether oxygens (including phenoxy) is 2. The Morgan fingerprint density at radius 1 is 1.44 bits per heavy atom. The third kappa shape index (κ3) is 2.83. The molecule has 3 heteroatoms. The normalized spacial score (nSPS) is 21.8. The topological polar surface area (TPSA) is 35.5 Å². The molecule has 1 aromatic rings. The molecule has 2 atom stereocenters. The van der Waals surface area contributed by atoms with E-state index in [1.54, 1.807) is 0 Å². The third-order valence-corrected chi connectivity index (χ3v) is 2.80. The predicted molar refractivity (Wildman–Crippen MR) is 59.8 cm³/mol. The van der Waals surface area contributed by atoms with Gasteiger partial charge in [0.2, 0.25) is 0 Å². The van der Waals surface area contributed by atoms with Gasteiger partial charge in [0.1, 0.15) is 6.10 Å². The molecule has 1 heterocycles. The molecule has 3 nitrogen and oxygen atoms in total. The monoisotopic (exact) mass is 220 g/mol. The first-order valence-electron chi connectivity index (χ1n) is 5.61. The minimum atomic E-state index is -0.111. The van der Waals surface area contributed by atoms with Gasteiger partial charge in [0.05, 0.1) is 12.7 Å². The van der Waals surface area contributed by atoms with Gasteiger partial charge in [0, 0.05) is 6.42 Å². The van der Waals surface area contributed by atoms with Gasteiger partial charge in [0.25, 0.3) is 0 Å². The van der Waals surface area contributed by atoms with E-state index in [9.17, 15) is 4.79 Å². The number of benzene rings is 1. The Morgan fingerprint density at radius 2 is 2.19 bits per heavy atom. The van der Waals surface area contributed by atoms with Crippen LogP contribution in [0.15, 0.2) is 30.3 Å². The Bertz CT molecular complexity index is 347. The number of hydrogen-bond donors (Lipinski definition) is 0. The van der Waals surface area contributed by atoms with E-state index in [1.165, 1.54) is 0 Å². The first kappa shape index (κ1) is 11.1. The van der Waals surface area contributed by atoms with Gasteiger partial charge in [-0.05, 0) is 18.9 Å². The van der Waals surface area contributed by atoms with E-state index in [-0.39, 0.29) is 18.2 Å². The van der Waals surface area contributed by atoms with Crippen molar-refractivity contribution in [3.63, 3.8) is 0 Å². The second-order valence-electron chi connectivity index (χ2n) is 4.07. The average molecular weight is 220 g/mol. The molecule has 2 rings (SSSR count). The van der Waals surface area contributed by atoms with Crippen molar-refractivity contribution in [1.82, 2.24) is 0 Å². The van der Waals surface area contributed by atoms with E-state index < -0.39 is 0 Å². The Morgan fingerprint density at radius 3 is 2.81 bits per heavy atom. The maximum absolute atomic E-state index is 11.0. The first-order valence-corrected chi connectivity index (χ1v) is 5.61. The minimum absolute atomic E-state index is 0.0355. The SMILES string of the molecule is CC(OCc1ccccc1)C1CCC(=O)O1. The highest BCUT2D eigenvalue weighted by Gasteiger charge is 2.28. The summed E-state index contributed by atoms with van der Waals surface area (Å²) in [5.41, 5.74) is 1.14. The molecular weight excluding hydrogens is 204 g/mol. The molecule has 1 aromatic carbocycles. The van der Waals surface area contributed by atoms with Crippen molar-refractivity contribution >= 4 is 5.97 Å². The van der Waals surface area contributed by atoms with Crippen molar-refractivity contribution in [3.8, 4) is 0 Å². The Labute approximate surface area is 95.4 Å². The number of esters is 1. The van der Waals surface area contributed by atoms with Crippen LogP contribution in [0.25, 0.3) is 0 Å². The van der Waals surface area contributed by atoms with Crippen LogP contribution < -0.4 is 0 Å². The fourth-order valence-electron chi connectivity index (χ4n) is 1.79. The van der Waals surface area contributed by atoms with Crippen molar-refractivity contribution in [2.45, 2.75) is 38.6 Å². The largest absolute Gasteiger partial charge is 0.460 e. The zero-order valence-electron chi connectivity index (χ0n) is 9.39. The van der Waals surface area contributed by atoms with Gasteiger partial charge in [-0.25, -0.2) is 0 Å². The van der Waals surface area contributed by atoms with Crippen LogP contribution in [0.4, 0.5) is 0 Å². The van der Waals surface area contributed by atoms with Crippen LogP contribution >= 0.6 is 0 Å². The molecule has 0 N–H and O–H groups in total. The summed E-state index contributed by atoms with van der Waals surface area (Å²) >= 11 is 0. The summed E-state index contributed by atoms with van der Waals surface area (Å²) in [7, 11) is 0. The summed E-state index contributed by atoms with van der Waals surface area (Å²) in [5, 5.41) is 0. The standard InChI is InChI=1S/C13H16O3/c1-10(12-7-8-13(14)16-12)15-9-11-5-3-2-4-6-11/h2-6,10,12H,7-9H2,1H3. The fraction of sp³-hybridized carbons (Fsp3) is 0.462. The molecule has 0 radical (unpaired) electrons. The Balaban J connectivity index is 1.80. The number of cyclic esters (lactones) is 1. The fourth-order valence-corrected chi connectivity index (χ4v) is 1.79. The molecule has 16 heavy (non-hydrogen) atoms. The lowest BCUT2D eigenvalue weighted by atomic mass is 10.1. The van der Waals surface area contributed by atoms with E-state index in [1.807, 2.05) is 37.3 Å². The lowest BCUT2D eigenvalue weighted by Gasteiger charge is -2.18. The molecule has 0 aromatic heterocycles. The number of rotatable bonds is 4. The van der Waals surface area contributed by atoms with Crippen LogP contribution in [0.3, 0.4) is 0 Å². The molecule has 1 aliphatic heterocycles. The van der Waals surface area contributed by atoms with E-state index in [0.29, 0.717) is 13.0 Å². The Hall–Kier alpha value is -1.35.